The standard InChI is InChI=1S/C13H15ClF3NO2/c1-8-3-10(6-20-7-13(15,16)17)11(4-9(8)2)18-12(19)5-14/h3-4H,5-7H2,1-2H3,(H,18,19). The molecular weight excluding hydrogens is 295 g/mol. The highest BCUT2D eigenvalue weighted by Crippen LogP contribution is 2.23. The Morgan fingerprint density at radius 3 is 2.45 bits per heavy atom. The summed E-state index contributed by atoms with van der Waals surface area (Å²) in [5, 5.41) is 2.54. The largest absolute Gasteiger partial charge is 0.411 e. The Kier molecular flexibility index (Phi) is 5.83. The van der Waals surface area contributed by atoms with Gasteiger partial charge in [-0.1, -0.05) is 6.07 Å². The van der Waals surface area contributed by atoms with E-state index in [9.17, 15) is 18.0 Å². The second kappa shape index (κ2) is 6.95. The molecule has 1 rings (SSSR count). The minimum Gasteiger partial charge on any atom is -0.367 e. The zero-order valence-electron chi connectivity index (χ0n) is 11.1. The predicted molar refractivity (Wildman–Crippen MR) is 71.0 cm³/mol. The van der Waals surface area contributed by atoms with Gasteiger partial charge < -0.3 is 10.1 Å². The van der Waals surface area contributed by atoms with Gasteiger partial charge in [0, 0.05) is 11.3 Å². The van der Waals surface area contributed by atoms with Gasteiger partial charge in [0.2, 0.25) is 5.91 Å². The summed E-state index contributed by atoms with van der Waals surface area (Å²) in [6.45, 7) is 2.10. The molecule has 1 aromatic carbocycles. The first-order chi connectivity index (χ1) is 9.23. The third-order valence-corrected chi connectivity index (χ3v) is 2.88. The summed E-state index contributed by atoms with van der Waals surface area (Å²) in [5.41, 5.74) is 2.71. The number of amides is 1. The quantitative estimate of drug-likeness (QED) is 0.845. The summed E-state index contributed by atoms with van der Waals surface area (Å²) in [6, 6.07) is 3.38. The zero-order chi connectivity index (χ0) is 15.3. The molecular formula is C13H15ClF3NO2. The summed E-state index contributed by atoms with van der Waals surface area (Å²) in [7, 11) is 0. The van der Waals surface area contributed by atoms with Crippen molar-refractivity contribution < 1.29 is 22.7 Å². The highest BCUT2D eigenvalue weighted by atomic mass is 35.5. The first kappa shape index (κ1) is 16.8. The van der Waals surface area contributed by atoms with Gasteiger partial charge in [-0.2, -0.15) is 13.2 Å². The Bertz CT molecular complexity index is 489. The van der Waals surface area contributed by atoms with Crippen LogP contribution < -0.4 is 5.32 Å². The van der Waals surface area contributed by atoms with E-state index >= 15 is 0 Å². The van der Waals surface area contributed by atoms with Crippen molar-refractivity contribution >= 4 is 23.2 Å². The molecule has 0 fully saturated rings. The number of aryl methyl sites for hydroxylation is 2. The lowest BCUT2D eigenvalue weighted by Crippen LogP contribution is -2.18. The molecule has 1 aromatic rings. The van der Waals surface area contributed by atoms with E-state index in [2.05, 4.69) is 10.1 Å². The minimum absolute atomic E-state index is 0.226. The Morgan fingerprint density at radius 2 is 1.90 bits per heavy atom. The Morgan fingerprint density at radius 1 is 1.30 bits per heavy atom. The van der Waals surface area contributed by atoms with Crippen molar-refractivity contribution in [3.05, 3.63) is 28.8 Å². The normalized spacial score (nSPS) is 11.5. The molecule has 112 valence electrons. The van der Waals surface area contributed by atoms with Gasteiger partial charge in [-0.05, 0) is 31.0 Å². The van der Waals surface area contributed by atoms with Gasteiger partial charge in [0.15, 0.2) is 0 Å². The average Bonchev–Trinajstić information content (AvgIpc) is 2.33. The van der Waals surface area contributed by atoms with Gasteiger partial charge in [0.05, 0.1) is 6.61 Å². The third-order valence-electron chi connectivity index (χ3n) is 2.64. The number of nitrogens with one attached hydrogen (secondary N) is 1. The van der Waals surface area contributed by atoms with Crippen LogP contribution in [0, 0.1) is 13.8 Å². The first-order valence-electron chi connectivity index (χ1n) is 5.83. The van der Waals surface area contributed by atoms with Crippen LogP contribution in [-0.2, 0) is 16.1 Å². The number of hydrogen-bond acceptors (Lipinski definition) is 2. The van der Waals surface area contributed by atoms with Crippen LogP contribution in [0.1, 0.15) is 16.7 Å². The fraction of sp³-hybridized carbons (Fsp3) is 0.462. The van der Waals surface area contributed by atoms with E-state index in [4.69, 9.17) is 11.6 Å². The van der Waals surface area contributed by atoms with Crippen LogP contribution in [0.2, 0.25) is 0 Å². The summed E-state index contributed by atoms with van der Waals surface area (Å²) < 4.78 is 40.8. The van der Waals surface area contributed by atoms with Crippen molar-refractivity contribution in [1.82, 2.24) is 0 Å². The highest BCUT2D eigenvalue weighted by molar-refractivity contribution is 6.29. The molecule has 0 atom stereocenters. The topological polar surface area (TPSA) is 38.3 Å². The number of anilines is 1. The number of carbonyl (C=O) groups excluding carboxylic acids is 1. The van der Waals surface area contributed by atoms with Crippen LogP contribution >= 0.6 is 11.6 Å². The van der Waals surface area contributed by atoms with E-state index in [-0.39, 0.29) is 12.5 Å². The number of benzene rings is 1. The SMILES string of the molecule is Cc1cc(COCC(F)(F)F)c(NC(=O)CCl)cc1C. The number of carbonyl (C=O) groups is 1. The van der Waals surface area contributed by atoms with E-state index in [0.29, 0.717) is 11.3 Å². The molecule has 0 saturated carbocycles. The molecule has 0 aromatic heterocycles. The molecule has 0 aliphatic rings. The van der Waals surface area contributed by atoms with Crippen LogP contribution in [0.15, 0.2) is 12.1 Å². The first-order valence-corrected chi connectivity index (χ1v) is 6.37. The number of alkyl halides is 4. The van der Waals surface area contributed by atoms with Crippen molar-refractivity contribution in [1.29, 1.82) is 0 Å². The molecule has 0 unspecified atom stereocenters. The molecule has 0 radical (unpaired) electrons. The van der Waals surface area contributed by atoms with E-state index in [1.807, 2.05) is 13.8 Å². The smallest absolute Gasteiger partial charge is 0.367 e. The Labute approximate surface area is 120 Å². The maximum Gasteiger partial charge on any atom is 0.411 e. The van der Waals surface area contributed by atoms with Crippen LogP contribution in [-0.4, -0.2) is 24.6 Å². The lowest BCUT2D eigenvalue weighted by atomic mass is 10.0. The second-order valence-electron chi connectivity index (χ2n) is 4.38. The molecule has 0 heterocycles. The van der Waals surface area contributed by atoms with Crippen molar-refractivity contribution in [3.63, 3.8) is 0 Å². The van der Waals surface area contributed by atoms with Crippen molar-refractivity contribution in [3.8, 4) is 0 Å². The average molecular weight is 310 g/mol. The van der Waals surface area contributed by atoms with E-state index < -0.39 is 18.7 Å². The van der Waals surface area contributed by atoms with Gasteiger partial charge in [0.25, 0.3) is 0 Å². The summed E-state index contributed by atoms with van der Waals surface area (Å²) >= 11 is 5.40. The Balaban J connectivity index is 2.86. The van der Waals surface area contributed by atoms with Crippen LogP contribution in [0.4, 0.5) is 18.9 Å². The van der Waals surface area contributed by atoms with E-state index in [0.717, 1.165) is 11.1 Å². The maximum atomic E-state index is 12.1. The molecule has 7 heteroatoms. The number of halogens is 4. The fourth-order valence-electron chi connectivity index (χ4n) is 1.57. The molecule has 0 saturated heterocycles. The summed E-state index contributed by atoms with van der Waals surface area (Å²) in [5.74, 6) is -0.650. The molecule has 1 amide bonds. The van der Waals surface area contributed by atoms with E-state index in [1.165, 1.54) is 0 Å². The van der Waals surface area contributed by atoms with Gasteiger partial charge in [-0.15, -0.1) is 11.6 Å². The van der Waals surface area contributed by atoms with Crippen molar-refractivity contribution in [2.45, 2.75) is 26.6 Å². The van der Waals surface area contributed by atoms with Crippen LogP contribution in [0.25, 0.3) is 0 Å². The summed E-state index contributed by atoms with van der Waals surface area (Å²) in [4.78, 5) is 11.3. The molecule has 20 heavy (non-hydrogen) atoms. The molecule has 0 spiro atoms. The Hall–Kier alpha value is -1.27. The number of ether oxygens (including phenoxy) is 1. The molecule has 3 nitrogen and oxygen atoms in total. The fourth-order valence-corrected chi connectivity index (χ4v) is 1.64. The molecule has 0 bridgehead atoms. The molecule has 0 aliphatic carbocycles. The maximum absolute atomic E-state index is 12.1. The lowest BCUT2D eigenvalue weighted by Gasteiger charge is -2.14. The van der Waals surface area contributed by atoms with Crippen molar-refractivity contribution in [2.24, 2.45) is 0 Å². The third kappa shape index (κ3) is 5.38. The van der Waals surface area contributed by atoms with Crippen molar-refractivity contribution in [2.75, 3.05) is 17.8 Å². The number of hydrogen-bond donors (Lipinski definition) is 1. The molecule has 0 aliphatic heterocycles. The highest BCUT2D eigenvalue weighted by Gasteiger charge is 2.27. The van der Waals surface area contributed by atoms with E-state index in [1.54, 1.807) is 12.1 Å². The van der Waals surface area contributed by atoms with Gasteiger partial charge in [-0.3, -0.25) is 4.79 Å². The number of rotatable bonds is 5. The van der Waals surface area contributed by atoms with Gasteiger partial charge in [0.1, 0.15) is 12.5 Å². The van der Waals surface area contributed by atoms with Gasteiger partial charge in [-0.25, -0.2) is 0 Å². The second-order valence-corrected chi connectivity index (χ2v) is 4.65. The van der Waals surface area contributed by atoms with Crippen LogP contribution in [0.3, 0.4) is 0 Å². The molecule has 1 N–H and O–H groups in total. The minimum atomic E-state index is -4.38. The lowest BCUT2D eigenvalue weighted by molar-refractivity contribution is -0.176. The zero-order valence-corrected chi connectivity index (χ0v) is 11.9. The monoisotopic (exact) mass is 309 g/mol. The van der Waals surface area contributed by atoms with Crippen LogP contribution in [0.5, 0.6) is 0 Å². The van der Waals surface area contributed by atoms with Gasteiger partial charge >= 0.3 is 6.18 Å². The summed E-state index contributed by atoms with van der Waals surface area (Å²) in [6.07, 6.45) is -4.38. The predicted octanol–water partition coefficient (Wildman–Crippen LogP) is 3.56.